The first-order chi connectivity index (χ1) is 12.9. The lowest BCUT2D eigenvalue weighted by molar-refractivity contribution is 0.0536. The molecule has 2 atom stereocenters. The summed E-state index contributed by atoms with van der Waals surface area (Å²) < 4.78 is 23.1. The van der Waals surface area contributed by atoms with E-state index in [2.05, 4.69) is 13.8 Å². The van der Waals surface area contributed by atoms with Gasteiger partial charge in [0.15, 0.2) is 0 Å². The van der Waals surface area contributed by atoms with Gasteiger partial charge in [0, 0.05) is 5.41 Å². The fourth-order valence-electron chi connectivity index (χ4n) is 2.58. The molecule has 5 nitrogen and oxygen atoms in total. The Morgan fingerprint density at radius 1 is 0.815 bits per heavy atom. The molecule has 0 unspecified atom stereocenters. The first-order valence-electron chi connectivity index (χ1n) is 8.86. The summed E-state index contributed by atoms with van der Waals surface area (Å²) >= 11 is 0. The van der Waals surface area contributed by atoms with Gasteiger partial charge in [-0.1, -0.05) is 38.1 Å². The molecule has 0 bridgehead atoms. The van der Waals surface area contributed by atoms with Crippen LogP contribution in [0.5, 0.6) is 11.5 Å². The van der Waals surface area contributed by atoms with Gasteiger partial charge in [0.2, 0.25) is 0 Å². The van der Waals surface area contributed by atoms with Gasteiger partial charge in [-0.2, -0.15) is 0 Å². The van der Waals surface area contributed by atoms with Crippen LogP contribution in [0, 0.1) is 0 Å². The number of ether oxygens (including phenoxy) is 2. The zero-order valence-corrected chi connectivity index (χ0v) is 15.6. The molecule has 0 radical (unpaired) electrons. The minimum atomic E-state index is -1.11. The number of hydrogen-bond acceptors (Lipinski definition) is 5. The molecule has 0 fully saturated rings. The molecule has 0 heterocycles. The molecule has 0 spiro atoms. The van der Waals surface area contributed by atoms with Crippen LogP contribution in [0.4, 0.5) is 4.39 Å². The maximum absolute atomic E-state index is 12.3. The standard InChI is InChI=1S/C21H27FO5/c1-21(2,15-3-7-19(8-4-15)26-13-17(24)11-22)16-5-9-20(10-6-16)27-14-18(25)12-23/h3-10,17-18,23-25H,11-14H2,1-2H3/t17-,18+/m0/s1. The van der Waals surface area contributed by atoms with E-state index < -0.39 is 18.9 Å². The Morgan fingerprint density at radius 2 is 1.22 bits per heavy atom. The van der Waals surface area contributed by atoms with Crippen molar-refractivity contribution in [1.82, 2.24) is 0 Å². The van der Waals surface area contributed by atoms with E-state index in [0.717, 1.165) is 11.1 Å². The van der Waals surface area contributed by atoms with Crippen LogP contribution < -0.4 is 9.47 Å². The fraction of sp³-hybridized carbons (Fsp3) is 0.429. The van der Waals surface area contributed by atoms with Crippen molar-refractivity contribution in [3.8, 4) is 11.5 Å². The van der Waals surface area contributed by atoms with Gasteiger partial charge in [0.1, 0.15) is 43.6 Å². The van der Waals surface area contributed by atoms with E-state index in [0.29, 0.717) is 11.5 Å². The highest BCUT2D eigenvalue weighted by molar-refractivity contribution is 5.41. The predicted molar refractivity (Wildman–Crippen MR) is 101 cm³/mol. The Kier molecular flexibility index (Phi) is 7.59. The molecule has 2 aromatic carbocycles. The van der Waals surface area contributed by atoms with Crippen molar-refractivity contribution < 1.29 is 29.2 Å². The molecule has 27 heavy (non-hydrogen) atoms. The van der Waals surface area contributed by atoms with Gasteiger partial charge in [-0.3, -0.25) is 0 Å². The van der Waals surface area contributed by atoms with Crippen molar-refractivity contribution in [1.29, 1.82) is 0 Å². The summed E-state index contributed by atoms with van der Waals surface area (Å²) in [5, 5.41) is 27.4. The summed E-state index contributed by atoms with van der Waals surface area (Å²) in [6, 6.07) is 15.1. The van der Waals surface area contributed by atoms with E-state index >= 15 is 0 Å². The molecule has 0 saturated heterocycles. The van der Waals surface area contributed by atoms with Crippen LogP contribution in [0.25, 0.3) is 0 Å². The van der Waals surface area contributed by atoms with E-state index in [1.807, 2.05) is 36.4 Å². The molecule has 0 aromatic heterocycles. The highest BCUT2D eigenvalue weighted by atomic mass is 19.1. The second-order valence-electron chi connectivity index (χ2n) is 6.94. The molecular formula is C21H27FO5. The maximum Gasteiger partial charge on any atom is 0.119 e. The van der Waals surface area contributed by atoms with E-state index in [1.54, 1.807) is 12.1 Å². The molecule has 0 aliphatic rings. The van der Waals surface area contributed by atoms with E-state index in [9.17, 15) is 14.6 Å². The molecule has 0 aliphatic heterocycles. The van der Waals surface area contributed by atoms with Crippen LogP contribution in [0.2, 0.25) is 0 Å². The lowest BCUT2D eigenvalue weighted by Gasteiger charge is -2.26. The van der Waals surface area contributed by atoms with Crippen LogP contribution in [0.15, 0.2) is 48.5 Å². The zero-order chi connectivity index (χ0) is 19.9. The topological polar surface area (TPSA) is 79.2 Å². The number of hydrogen-bond donors (Lipinski definition) is 3. The number of alkyl halides is 1. The van der Waals surface area contributed by atoms with Gasteiger partial charge in [0.25, 0.3) is 0 Å². The Balaban J connectivity index is 2.04. The van der Waals surface area contributed by atoms with Crippen LogP contribution in [0.1, 0.15) is 25.0 Å². The van der Waals surface area contributed by atoms with Crippen LogP contribution >= 0.6 is 0 Å². The van der Waals surface area contributed by atoms with Crippen molar-refractivity contribution >= 4 is 0 Å². The largest absolute Gasteiger partial charge is 0.491 e. The summed E-state index contributed by atoms with van der Waals surface area (Å²) in [5.41, 5.74) is 1.89. The second kappa shape index (κ2) is 9.69. The van der Waals surface area contributed by atoms with Crippen LogP contribution in [0.3, 0.4) is 0 Å². The normalized spacial score (nSPS) is 13.9. The number of rotatable bonds is 10. The monoisotopic (exact) mass is 378 g/mol. The van der Waals surface area contributed by atoms with Gasteiger partial charge >= 0.3 is 0 Å². The van der Waals surface area contributed by atoms with Gasteiger partial charge in [-0.05, 0) is 35.4 Å². The summed E-state index contributed by atoms with van der Waals surface area (Å²) in [6.45, 7) is 2.99. The molecule has 148 valence electrons. The summed E-state index contributed by atoms with van der Waals surface area (Å²) in [6.07, 6.45) is -2.01. The maximum atomic E-state index is 12.3. The minimum Gasteiger partial charge on any atom is -0.491 e. The third-order valence-corrected chi connectivity index (χ3v) is 4.43. The van der Waals surface area contributed by atoms with Crippen molar-refractivity contribution in [3.05, 3.63) is 59.7 Å². The quantitative estimate of drug-likeness (QED) is 0.592. The van der Waals surface area contributed by atoms with Crippen molar-refractivity contribution in [2.75, 3.05) is 26.5 Å². The van der Waals surface area contributed by atoms with Crippen molar-refractivity contribution in [2.45, 2.75) is 31.5 Å². The predicted octanol–water partition coefficient (Wildman–Crippen LogP) is 2.45. The number of aliphatic hydroxyl groups excluding tert-OH is 3. The van der Waals surface area contributed by atoms with Gasteiger partial charge in [-0.15, -0.1) is 0 Å². The first-order valence-corrected chi connectivity index (χ1v) is 8.86. The number of aliphatic hydroxyl groups is 3. The smallest absolute Gasteiger partial charge is 0.119 e. The first kappa shape index (κ1) is 21.2. The second-order valence-corrected chi connectivity index (χ2v) is 6.94. The third kappa shape index (κ3) is 5.92. The summed E-state index contributed by atoms with van der Waals surface area (Å²) in [5.74, 6) is 1.20. The molecule has 0 amide bonds. The highest BCUT2D eigenvalue weighted by Crippen LogP contribution is 2.33. The van der Waals surface area contributed by atoms with Crippen LogP contribution in [-0.4, -0.2) is 54.0 Å². The molecular weight excluding hydrogens is 351 g/mol. The summed E-state index contributed by atoms with van der Waals surface area (Å²) in [4.78, 5) is 0. The van der Waals surface area contributed by atoms with Gasteiger partial charge in [-0.25, -0.2) is 4.39 Å². The van der Waals surface area contributed by atoms with E-state index in [-0.39, 0.29) is 25.2 Å². The molecule has 2 rings (SSSR count). The average molecular weight is 378 g/mol. The van der Waals surface area contributed by atoms with Gasteiger partial charge < -0.3 is 24.8 Å². The Morgan fingerprint density at radius 3 is 1.59 bits per heavy atom. The fourth-order valence-corrected chi connectivity index (χ4v) is 2.58. The Bertz CT molecular complexity index is 625. The zero-order valence-electron chi connectivity index (χ0n) is 15.6. The van der Waals surface area contributed by atoms with Crippen LogP contribution in [-0.2, 0) is 5.41 Å². The van der Waals surface area contributed by atoms with Crippen molar-refractivity contribution in [3.63, 3.8) is 0 Å². The molecule has 0 aliphatic carbocycles. The number of halogens is 1. The Labute approximate surface area is 159 Å². The number of benzene rings is 2. The lowest BCUT2D eigenvalue weighted by Crippen LogP contribution is -2.21. The molecule has 3 N–H and O–H groups in total. The molecule has 2 aromatic rings. The highest BCUT2D eigenvalue weighted by Gasteiger charge is 2.23. The molecule has 6 heteroatoms. The average Bonchev–Trinajstić information content (AvgIpc) is 2.70. The third-order valence-electron chi connectivity index (χ3n) is 4.43. The van der Waals surface area contributed by atoms with E-state index in [4.69, 9.17) is 14.6 Å². The summed E-state index contributed by atoms with van der Waals surface area (Å²) in [7, 11) is 0. The lowest BCUT2D eigenvalue weighted by atomic mass is 9.78. The SMILES string of the molecule is CC(C)(c1ccc(OC[C@H](O)CO)cc1)c1ccc(OC[C@@H](O)CF)cc1. The minimum absolute atomic E-state index is 0.0395. The van der Waals surface area contributed by atoms with Crippen molar-refractivity contribution in [2.24, 2.45) is 0 Å². The Hall–Kier alpha value is -2.15. The van der Waals surface area contributed by atoms with E-state index in [1.165, 1.54) is 0 Å². The molecule has 0 saturated carbocycles. The van der Waals surface area contributed by atoms with Gasteiger partial charge in [0.05, 0.1) is 6.61 Å².